The summed E-state index contributed by atoms with van der Waals surface area (Å²) in [7, 11) is 1.71. The molecule has 0 radical (unpaired) electrons. The van der Waals surface area contributed by atoms with Gasteiger partial charge in [-0.1, -0.05) is 76.6 Å². The van der Waals surface area contributed by atoms with E-state index in [1.165, 1.54) is 6.08 Å². The number of benzene rings is 3. The van der Waals surface area contributed by atoms with Crippen molar-refractivity contribution in [3.8, 4) is 5.88 Å². The molecular weight excluding hydrogens is 520 g/mol. The van der Waals surface area contributed by atoms with E-state index < -0.39 is 11.8 Å². The zero-order valence-electron chi connectivity index (χ0n) is 19.6. The highest BCUT2D eigenvalue weighted by atomic mass is 79.9. The molecule has 0 aliphatic heterocycles. The van der Waals surface area contributed by atoms with Crippen molar-refractivity contribution in [1.82, 2.24) is 9.88 Å². The first kappa shape index (κ1) is 24.8. The molecule has 2 amide bonds. The molecule has 8 heteroatoms. The quantitative estimate of drug-likeness (QED) is 0.163. The number of aryl methyl sites for hydroxylation is 2. The van der Waals surface area contributed by atoms with Crippen molar-refractivity contribution in [2.75, 3.05) is 0 Å². The molecule has 180 valence electrons. The van der Waals surface area contributed by atoms with Crippen molar-refractivity contribution in [1.29, 1.82) is 0 Å². The van der Waals surface area contributed by atoms with Gasteiger partial charge in [-0.2, -0.15) is 0 Å². The van der Waals surface area contributed by atoms with Crippen molar-refractivity contribution in [3.05, 3.63) is 112 Å². The first-order chi connectivity index (χ1) is 17.3. The third-order valence-corrected chi connectivity index (χ3v) is 5.95. The van der Waals surface area contributed by atoms with Crippen LogP contribution in [0, 0.1) is 6.92 Å². The number of hydrogen-bond donors (Lipinski definition) is 2. The second-order valence-electron chi connectivity index (χ2n) is 8.03. The van der Waals surface area contributed by atoms with E-state index in [-0.39, 0.29) is 17.3 Å². The topological polar surface area (TPSA) is 96.1 Å². The Morgan fingerprint density at radius 3 is 2.39 bits per heavy atom. The lowest BCUT2D eigenvalue weighted by Gasteiger charge is -2.06. The summed E-state index contributed by atoms with van der Waals surface area (Å²) in [5.41, 5.74) is 3.13. The summed E-state index contributed by atoms with van der Waals surface area (Å²) < 4.78 is 2.40. The molecule has 4 rings (SSSR count). The minimum absolute atomic E-state index is 0.0585. The van der Waals surface area contributed by atoms with E-state index in [1.807, 2.05) is 43.3 Å². The molecule has 7 nitrogen and oxygen atoms in total. The summed E-state index contributed by atoms with van der Waals surface area (Å²) in [6, 6.07) is 21.8. The first-order valence-electron chi connectivity index (χ1n) is 11.1. The van der Waals surface area contributed by atoms with Crippen LogP contribution in [0.25, 0.3) is 17.0 Å². The maximum Gasteiger partial charge on any atom is 0.311 e. The summed E-state index contributed by atoms with van der Waals surface area (Å²) >= 11 is 3.46. The Morgan fingerprint density at radius 2 is 1.69 bits per heavy atom. The summed E-state index contributed by atoms with van der Waals surface area (Å²) in [6.07, 6.45) is 4.92. The number of halogens is 1. The number of rotatable bonds is 6. The van der Waals surface area contributed by atoms with E-state index in [4.69, 9.17) is 0 Å². The Kier molecular flexibility index (Phi) is 7.56. The van der Waals surface area contributed by atoms with Gasteiger partial charge in [-0.25, -0.2) is 0 Å². The van der Waals surface area contributed by atoms with Gasteiger partial charge in [0.2, 0.25) is 5.88 Å². The summed E-state index contributed by atoms with van der Waals surface area (Å²) in [6.45, 7) is 1.91. The fourth-order valence-electron chi connectivity index (χ4n) is 3.76. The smallest absolute Gasteiger partial charge is 0.311 e. The van der Waals surface area contributed by atoms with Gasteiger partial charge in [0.05, 0.1) is 5.52 Å². The standard InChI is InChI=1S/C28H23BrN4O3/c1-18-16-21(29)17-22-24(28(36)33(2)25(18)22)31-32-27(35)23(15-9-12-19-10-5-3-6-11-19)30-26(34)20-13-7-4-8-14-20/h3-17,36H,1-2H3,(H,30,34)/b12-9+,23-15-,32-31?. The third kappa shape index (κ3) is 5.50. The number of aromatic hydroxyl groups is 1. The number of nitrogens with one attached hydrogen (secondary N) is 1. The fraction of sp³-hybridized carbons (Fsp3) is 0.0714. The predicted molar refractivity (Wildman–Crippen MR) is 144 cm³/mol. The van der Waals surface area contributed by atoms with Crippen LogP contribution in [0.3, 0.4) is 0 Å². The van der Waals surface area contributed by atoms with Crippen LogP contribution in [0.5, 0.6) is 5.88 Å². The average molecular weight is 543 g/mol. The molecule has 0 saturated carbocycles. The Morgan fingerprint density at radius 1 is 1.03 bits per heavy atom. The second kappa shape index (κ2) is 11.0. The molecule has 0 aliphatic rings. The number of allylic oxidation sites excluding steroid dienone is 2. The molecular formula is C28H23BrN4O3. The lowest BCUT2D eigenvalue weighted by molar-refractivity contribution is -0.115. The molecule has 3 aromatic carbocycles. The Bertz CT molecular complexity index is 1520. The number of hydrogen-bond acceptors (Lipinski definition) is 4. The maximum atomic E-state index is 13.0. The van der Waals surface area contributed by atoms with Crippen LogP contribution >= 0.6 is 15.9 Å². The summed E-state index contributed by atoms with van der Waals surface area (Å²) in [5.74, 6) is -1.34. The van der Waals surface area contributed by atoms with Crippen molar-refractivity contribution >= 4 is 50.4 Å². The molecule has 1 heterocycles. The molecule has 0 saturated heterocycles. The van der Waals surface area contributed by atoms with Crippen LogP contribution in [0.2, 0.25) is 0 Å². The molecule has 2 N–H and O–H groups in total. The van der Waals surface area contributed by atoms with E-state index in [0.29, 0.717) is 10.9 Å². The molecule has 0 atom stereocenters. The molecule has 0 spiro atoms. The summed E-state index contributed by atoms with van der Waals surface area (Å²) in [4.78, 5) is 25.8. The zero-order valence-corrected chi connectivity index (χ0v) is 21.2. The monoisotopic (exact) mass is 542 g/mol. The number of carbonyl (C=O) groups excluding carboxylic acids is 2. The van der Waals surface area contributed by atoms with Gasteiger partial charge in [0.1, 0.15) is 5.70 Å². The highest BCUT2D eigenvalue weighted by molar-refractivity contribution is 9.10. The maximum absolute atomic E-state index is 13.0. The third-order valence-electron chi connectivity index (χ3n) is 5.49. The van der Waals surface area contributed by atoms with Gasteiger partial charge in [0.15, 0.2) is 5.69 Å². The number of fused-ring (bicyclic) bond motifs is 1. The van der Waals surface area contributed by atoms with E-state index in [1.54, 1.807) is 60.2 Å². The molecule has 0 bridgehead atoms. The number of aromatic nitrogens is 1. The predicted octanol–water partition coefficient (Wildman–Crippen LogP) is 6.59. The Labute approximate surface area is 216 Å². The van der Waals surface area contributed by atoms with E-state index >= 15 is 0 Å². The SMILES string of the molecule is Cc1cc(Br)cc2c(N=NC(=O)/C(=C/C=C/c3ccccc3)NC(=O)c3ccccc3)c(O)n(C)c12. The van der Waals surface area contributed by atoms with Crippen molar-refractivity contribution in [2.45, 2.75) is 6.92 Å². The molecule has 4 aromatic rings. The van der Waals surface area contributed by atoms with Crippen LogP contribution in [0.1, 0.15) is 21.5 Å². The van der Waals surface area contributed by atoms with Crippen molar-refractivity contribution in [2.24, 2.45) is 17.3 Å². The Hall–Kier alpha value is -4.30. The zero-order chi connectivity index (χ0) is 25.7. The van der Waals surface area contributed by atoms with E-state index in [0.717, 1.165) is 21.1 Å². The lowest BCUT2D eigenvalue weighted by atomic mass is 10.1. The average Bonchev–Trinajstić information content (AvgIpc) is 3.12. The molecule has 0 unspecified atom stereocenters. The van der Waals surface area contributed by atoms with Gasteiger partial charge in [0, 0.05) is 22.5 Å². The first-order valence-corrected chi connectivity index (χ1v) is 11.9. The van der Waals surface area contributed by atoms with Gasteiger partial charge < -0.3 is 15.0 Å². The molecule has 36 heavy (non-hydrogen) atoms. The largest absolute Gasteiger partial charge is 0.493 e. The Balaban J connectivity index is 1.67. The van der Waals surface area contributed by atoms with Gasteiger partial charge in [-0.3, -0.25) is 9.59 Å². The molecule has 0 aliphatic carbocycles. The highest BCUT2D eigenvalue weighted by Crippen LogP contribution is 2.40. The summed E-state index contributed by atoms with van der Waals surface area (Å²) in [5, 5.41) is 21.8. The molecule has 0 fully saturated rings. The van der Waals surface area contributed by atoms with Crippen LogP contribution in [-0.2, 0) is 11.8 Å². The van der Waals surface area contributed by atoms with Gasteiger partial charge in [0.25, 0.3) is 5.91 Å². The number of nitrogens with zero attached hydrogens (tertiary/aromatic N) is 3. The number of carbonyl (C=O) groups is 2. The normalized spacial score (nSPS) is 12.0. The molecule has 1 aromatic heterocycles. The van der Waals surface area contributed by atoms with Gasteiger partial charge >= 0.3 is 5.91 Å². The van der Waals surface area contributed by atoms with E-state index in [2.05, 4.69) is 31.5 Å². The van der Waals surface area contributed by atoms with Crippen LogP contribution in [0.4, 0.5) is 5.69 Å². The van der Waals surface area contributed by atoms with Crippen molar-refractivity contribution < 1.29 is 14.7 Å². The minimum atomic E-state index is -0.764. The minimum Gasteiger partial charge on any atom is -0.493 e. The van der Waals surface area contributed by atoms with Gasteiger partial charge in [-0.05, 0) is 48.4 Å². The van der Waals surface area contributed by atoms with Crippen LogP contribution in [0.15, 0.2) is 105 Å². The number of amides is 2. The second-order valence-corrected chi connectivity index (χ2v) is 8.94. The fourth-order valence-corrected chi connectivity index (χ4v) is 4.34. The lowest BCUT2D eigenvalue weighted by Crippen LogP contribution is -2.26. The number of azo groups is 1. The van der Waals surface area contributed by atoms with Crippen molar-refractivity contribution in [3.63, 3.8) is 0 Å². The highest BCUT2D eigenvalue weighted by Gasteiger charge is 2.18. The van der Waals surface area contributed by atoms with Crippen LogP contribution < -0.4 is 5.32 Å². The van der Waals surface area contributed by atoms with E-state index in [9.17, 15) is 14.7 Å². The van der Waals surface area contributed by atoms with Gasteiger partial charge in [-0.15, -0.1) is 10.2 Å². The van der Waals surface area contributed by atoms with Crippen LogP contribution in [-0.4, -0.2) is 21.5 Å².